The maximum Gasteiger partial charge on any atom is 0.344 e. The van der Waals surface area contributed by atoms with Gasteiger partial charge in [-0.2, -0.15) is 0 Å². The van der Waals surface area contributed by atoms with Gasteiger partial charge < -0.3 is 37.9 Å². The minimum Gasteiger partial charge on any atom is -0.462 e. The van der Waals surface area contributed by atoms with Crippen molar-refractivity contribution in [2.75, 3.05) is 59.5 Å². The molecular formula is C30H38O16. The molecule has 0 aromatic carbocycles. The SMILES string of the molecule is C=C(C(=O)COCC(COC(=O)C(=C)C(=O)OCC)(COC(=O)C(=C)C(=O)OCC)COC(=O)C(=C)C(=O)OCC)C(=O)OCC. The molecule has 0 unspecified atom stereocenters. The van der Waals surface area contributed by atoms with Crippen LogP contribution < -0.4 is 0 Å². The molecule has 0 aromatic rings. The third-order valence-corrected chi connectivity index (χ3v) is 5.33. The highest BCUT2D eigenvalue weighted by Crippen LogP contribution is 2.23. The van der Waals surface area contributed by atoms with Gasteiger partial charge in [-0.1, -0.05) is 26.3 Å². The lowest BCUT2D eigenvalue weighted by molar-refractivity contribution is -0.165. The summed E-state index contributed by atoms with van der Waals surface area (Å²) in [6.45, 7) is 14.8. The highest BCUT2D eigenvalue weighted by Gasteiger charge is 2.39. The molecular weight excluding hydrogens is 616 g/mol. The molecule has 0 amide bonds. The molecule has 0 heterocycles. The van der Waals surface area contributed by atoms with Crippen LogP contribution in [0.3, 0.4) is 0 Å². The van der Waals surface area contributed by atoms with Crippen LogP contribution in [-0.2, 0) is 76.3 Å². The average molecular weight is 655 g/mol. The summed E-state index contributed by atoms with van der Waals surface area (Å²) in [5.74, 6) is -9.12. The van der Waals surface area contributed by atoms with E-state index in [9.17, 15) is 38.4 Å². The van der Waals surface area contributed by atoms with E-state index in [2.05, 4.69) is 26.3 Å². The molecule has 0 radical (unpaired) electrons. The van der Waals surface area contributed by atoms with Gasteiger partial charge in [0.1, 0.15) is 43.1 Å². The molecule has 0 aliphatic heterocycles. The second kappa shape index (κ2) is 20.8. The number of rotatable bonds is 22. The molecule has 0 saturated heterocycles. The van der Waals surface area contributed by atoms with Crippen LogP contribution in [-0.4, -0.2) is 107 Å². The summed E-state index contributed by atoms with van der Waals surface area (Å²) < 4.78 is 39.7. The lowest BCUT2D eigenvalue weighted by atomic mass is 9.92. The number of ketones is 1. The first-order valence-corrected chi connectivity index (χ1v) is 13.7. The highest BCUT2D eigenvalue weighted by atomic mass is 16.6. The third kappa shape index (κ3) is 13.7. The van der Waals surface area contributed by atoms with E-state index in [1.807, 2.05) is 0 Å². The zero-order valence-electron chi connectivity index (χ0n) is 26.2. The van der Waals surface area contributed by atoms with Crippen LogP contribution in [0.25, 0.3) is 0 Å². The number of hydrogen-bond donors (Lipinski definition) is 0. The van der Waals surface area contributed by atoms with Crippen molar-refractivity contribution >= 4 is 47.6 Å². The van der Waals surface area contributed by atoms with Gasteiger partial charge in [-0.15, -0.1) is 0 Å². The van der Waals surface area contributed by atoms with Gasteiger partial charge in [-0.05, 0) is 27.7 Å². The fourth-order valence-electron chi connectivity index (χ4n) is 2.85. The lowest BCUT2D eigenvalue weighted by Gasteiger charge is -2.32. The molecule has 0 aromatic heterocycles. The molecule has 0 aliphatic carbocycles. The zero-order chi connectivity index (χ0) is 35.4. The van der Waals surface area contributed by atoms with Crippen LogP contribution in [0.2, 0.25) is 0 Å². The molecule has 0 saturated carbocycles. The predicted octanol–water partition coefficient (Wildman–Crippen LogP) is 0.665. The number of carbonyl (C=O) groups is 8. The summed E-state index contributed by atoms with van der Waals surface area (Å²) in [5.41, 5.74) is -4.64. The Morgan fingerprint density at radius 2 is 0.674 bits per heavy atom. The van der Waals surface area contributed by atoms with Gasteiger partial charge in [0.05, 0.1) is 44.0 Å². The van der Waals surface area contributed by atoms with Crippen LogP contribution in [0, 0.1) is 5.41 Å². The van der Waals surface area contributed by atoms with E-state index >= 15 is 0 Å². The van der Waals surface area contributed by atoms with Crippen molar-refractivity contribution in [1.29, 1.82) is 0 Å². The van der Waals surface area contributed by atoms with E-state index in [4.69, 9.17) is 37.9 Å². The molecule has 0 N–H and O–H groups in total. The minimum atomic E-state index is -1.91. The second-order valence-electron chi connectivity index (χ2n) is 8.94. The van der Waals surface area contributed by atoms with Crippen molar-refractivity contribution in [2.24, 2.45) is 5.41 Å². The lowest BCUT2D eigenvalue weighted by Crippen LogP contribution is -2.44. The van der Waals surface area contributed by atoms with Crippen LogP contribution in [0.1, 0.15) is 27.7 Å². The Balaban J connectivity index is 6.36. The fourth-order valence-corrected chi connectivity index (χ4v) is 2.85. The Bertz CT molecular complexity index is 1130. The van der Waals surface area contributed by atoms with Crippen molar-refractivity contribution in [3.8, 4) is 0 Å². The number of hydrogen-bond acceptors (Lipinski definition) is 16. The molecule has 254 valence electrons. The van der Waals surface area contributed by atoms with Gasteiger partial charge in [0.15, 0.2) is 5.78 Å². The molecule has 0 atom stereocenters. The van der Waals surface area contributed by atoms with E-state index in [1.54, 1.807) is 0 Å². The van der Waals surface area contributed by atoms with Crippen LogP contribution in [0.15, 0.2) is 48.6 Å². The smallest absolute Gasteiger partial charge is 0.344 e. The van der Waals surface area contributed by atoms with Gasteiger partial charge in [0.25, 0.3) is 0 Å². The van der Waals surface area contributed by atoms with E-state index in [0.29, 0.717) is 0 Å². The van der Waals surface area contributed by atoms with E-state index in [0.717, 1.165) is 0 Å². The summed E-state index contributed by atoms with van der Waals surface area (Å²) in [6.07, 6.45) is 0. The monoisotopic (exact) mass is 654 g/mol. The molecule has 46 heavy (non-hydrogen) atoms. The van der Waals surface area contributed by atoms with Crippen molar-refractivity contribution < 1.29 is 76.3 Å². The molecule has 0 spiro atoms. The Kier molecular flexibility index (Phi) is 18.5. The summed E-state index contributed by atoms with van der Waals surface area (Å²) in [4.78, 5) is 97.9. The Morgan fingerprint density at radius 1 is 0.413 bits per heavy atom. The fraction of sp³-hybridized carbons (Fsp3) is 0.467. The van der Waals surface area contributed by atoms with Crippen molar-refractivity contribution in [3.05, 3.63) is 48.6 Å². The van der Waals surface area contributed by atoms with Crippen LogP contribution in [0.5, 0.6) is 0 Å². The molecule has 0 aliphatic rings. The number of esters is 7. The predicted molar refractivity (Wildman–Crippen MR) is 154 cm³/mol. The largest absolute Gasteiger partial charge is 0.462 e. The summed E-state index contributed by atoms with van der Waals surface area (Å²) in [6, 6.07) is 0. The third-order valence-electron chi connectivity index (χ3n) is 5.33. The minimum absolute atomic E-state index is 0.0392. The van der Waals surface area contributed by atoms with Crippen molar-refractivity contribution in [1.82, 2.24) is 0 Å². The topological polar surface area (TPSA) is 210 Å². The Morgan fingerprint density at radius 3 is 0.957 bits per heavy atom. The number of ether oxygens (including phenoxy) is 8. The van der Waals surface area contributed by atoms with Crippen LogP contribution >= 0.6 is 0 Å². The zero-order valence-corrected chi connectivity index (χ0v) is 26.2. The summed E-state index contributed by atoms with van der Waals surface area (Å²) in [5, 5.41) is 0. The molecule has 0 rings (SSSR count). The van der Waals surface area contributed by atoms with Gasteiger partial charge in [0, 0.05) is 0 Å². The van der Waals surface area contributed by atoms with Crippen molar-refractivity contribution in [2.45, 2.75) is 27.7 Å². The van der Waals surface area contributed by atoms with Crippen molar-refractivity contribution in [3.63, 3.8) is 0 Å². The van der Waals surface area contributed by atoms with E-state index in [-0.39, 0.29) is 26.4 Å². The first-order chi connectivity index (χ1) is 21.6. The molecule has 0 bridgehead atoms. The summed E-state index contributed by atoms with van der Waals surface area (Å²) in [7, 11) is 0. The normalized spacial score (nSPS) is 10.3. The van der Waals surface area contributed by atoms with Gasteiger partial charge in [0.2, 0.25) is 0 Å². The van der Waals surface area contributed by atoms with Gasteiger partial charge >= 0.3 is 41.8 Å². The maximum atomic E-state index is 12.6. The average Bonchev–Trinajstić information content (AvgIpc) is 3.03. The maximum absolute atomic E-state index is 12.6. The summed E-state index contributed by atoms with van der Waals surface area (Å²) >= 11 is 0. The Hall–Kier alpha value is -5.12. The quantitative estimate of drug-likeness (QED) is 0.0516. The molecule has 0 fully saturated rings. The van der Waals surface area contributed by atoms with Gasteiger partial charge in [-0.25, -0.2) is 33.6 Å². The second-order valence-corrected chi connectivity index (χ2v) is 8.94. The highest BCUT2D eigenvalue weighted by molar-refractivity contribution is 6.17. The first kappa shape index (κ1) is 40.9. The number of Topliss-reactive ketones (excluding diaryl/α,β-unsaturated/α-hetero) is 1. The Labute approximate surface area is 265 Å². The van der Waals surface area contributed by atoms with Gasteiger partial charge in [-0.3, -0.25) is 4.79 Å². The standard InChI is InChI=1S/C30H38O16/c1-9-40-23(32)18(5)22(31)13-39-14-30(15-44-27(36)19(6)24(33)41-10-2,16-45-28(37)20(7)25(34)42-11-3)17-46-29(38)21(8)26(35)43-12-4/h5-17H2,1-4H3. The van der Waals surface area contributed by atoms with E-state index in [1.165, 1.54) is 27.7 Å². The number of carbonyl (C=O) groups excluding carboxylic acids is 8. The molecule has 16 nitrogen and oxygen atoms in total. The first-order valence-electron chi connectivity index (χ1n) is 13.7. The van der Waals surface area contributed by atoms with E-state index < -0.39 is 108 Å². The molecule has 16 heteroatoms. The van der Waals surface area contributed by atoms with Crippen LogP contribution in [0.4, 0.5) is 0 Å².